The summed E-state index contributed by atoms with van der Waals surface area (Å²) in [6.07, 6.45) is 0. The normalized spacial score (nSPS) is 15.0. The highest BCUT2D eigenvalue weighted by atomic mass is 32.2. The first-order valence-corrected chi connectivity index (χ1v) is 9.89. The number of carbonyl (C=O) groups excluding carboxylic acids is 1. The summed E-state index contributed by atoms with van der Waals surface area (Å²) in [4.78, 5) is 12.1. The van der Waals surface area contributed by atoms with Gasteiger partial charge in [0.05, 0.1) is 35.3 Å². The molecule has 1 fully saturated rings. The van der Waals surface area contributed by atoms with Crippen molar-refractivity contribution in [2.45, 2.75) is 11.5 Å². The second-order valence-corrected chi connectivity index (χ2v) is 7.98. The summed E-state index contributed by atoms with van der Waals surface area (Å²) in [5.41, 5.74) is 0.494. The molecule has 1 heterocycles. The summed E-state index contributed by atoms with van der Waals surface area (Å²) in [5, 5.41) is 8.89. The van der Waals surface area contributed by atoms with Gasteiger partial charge in [0.2, 0.25) is 10.0 Å². The molecule has 3 rings (SSSR count). The van der Waals surface area contributed by atoms with E-state index < -0.39 is 27.4 Å². The van der Waals surface area contributed by atoms with Gasteiger partial charge in [0.1, 0.15) is 12.4 Å². The van der Waals surface area contributed by atoms with Gasteiger partial charge in [-0.2, -0.15) is 9.57 Å². The van der Waals surface area contributed by atoms with Gasteiger partial charge < -0.3 is 9.47 Å². The van der Waals surface area contributed by atoms with Crippen LogP contribution in [0.3, 0.4) is 0 Å². The Morgan fingerprint density at radius 1 is 1.21 bits per heavy atom. The van der Waals surface area contributed by atoms with E-state index in [1.165, 1.54) is 4.31 Å². The molecule has 146 valence electrons. The average Bonchev–Trinajstić information content (AvgIpc) is 2.73. The minimum atomic E-state index is -3.87. The molecule has 0 saturated carbocycles. The van der Waals surface area contributed by atoms with E-state index in [0.29, 0.717) is 11.1 Å². The first-order valence-electron chi connectivity index (χ1n) is 8.45. The lowest BCUT2D eigenvalue weighted by Gasteiger charge is -2.26. The molecule has 2 aromatic rings. The molecular formula is C19H17FN2O5S. The molecular weight excluding hydrogens is 387 g/mol. The first kappa shape index (κ1) is 19.9. The standard InChI is InChI=1S/C19H17FN2O5S/c20-18-5-4-16(28(24,25)22-6-8-26-9-7-22)11-17(18)19(23)27-13-15-3-1-2-14(10-15)12-21/h1-5,10-11H,6-9,13H2. The third-order valence-electron chi connectivity index (χ3n) is 4.19. The number of halogens is 1. The lowest BCUT2D eigenvalue weighted by Crippen LogP contribution is -2.40. The average molecular weight is 404 g/mol. The fraction of sp³-hybridized carbons (Fsp3) is 0.263. The van der Waals surface area contributed by atoms with E-state index >= 15 is 0 Å². The third kappa shape index (κ3) is 4.36. The van der Waals surface area contributed by atoms with Crippen LogP contribution in [0.5, 0.6) is 0 Å². The van der Waals surface area contributed by atoms with Gasteiger partial charge in [-0.3, -0.25) is 0 Å². The largest absolute Gasteiger partial charge is 0.457 e. The summed E-state index contributed by atoms with van der Waals surface area (Å²) >= 11 is 0. The van der Waals surface area contributed by atoms with Crippen molar-refractivity contribution < 1.29 is 27.1 Å². The van der Waals surface area contributed by atoms with Crippen molar-refractivity contribution in [3.8, 4) is 6.07 Å². The van der Waals surface area contributed by atoms with Gasteiger partial charge in [-0.25, -0.2) is 17.6 Å². The van der Waals surface area contributed by atoms with Crippen molar-refractivity contribution in [1.82, 2.24) is 4.31 Å². The topological polar surface area (TPSA) is 96.7 Å². The number of nitrogens with zero attached hydrogens (tertiary/aromatic N) is 2. The second-order valence-electron chi connectivity index (χ2n) is 6.05. The van der Waals surface area contributed by atoms with Crippen LogP contribution < -0.4 is 0 Å². The Morgan fingerprint density at radius 3 is 2.68 bits per heavy atom. The molecule has 0 unspecified atom stereocenters. The molecule has 0 atom stereocenters. The number of ether oxygens (including phenoxy) is 2. The fourth-order valence-electron chi connectivity index (χ4n) is 2.71. The predicted octanol–water partition coefficient (Wildman–Crippen LogP) is 2.08. The van der Waals surface area contributed by atoms with Crippen LogP contribution in [-0.2, 0) is 26.1 Å². The van der Waals surface area contributed by atoms with E-state index in [1.807, 2.05) is 6.07 Å². The van der Waals surface area contributed by atoms with Crippen molar-refractivity contribution in [2.24, 2.45) is 0 Å². The number of rotatable bonds is 5. The SMILES string of the molecule is N#Cc1cccc(COC(=O)c2cc(S(=O)(=O)N3CCOCC3)ccc2F)c1. The number of benzene rings is 2. The summed E-state index contributed by atoms with van der Waals surface area (Å²) < 4.78 is 51.0. The molecule has 0 amide bonds. The summed E-state index contributed by atoms with van der Waals surface area (Å²) in [5.74, 6) is -1.87. The van der Waals surface area contributed by atoms with Crippen molar-refractivity contribution in [1.29, 1.82) is 5.26 Å². The Bertz CT molecular complexity index is 1030. The van der Waals surface area contributed by atoms with E-state index in [2.05, 4.69) is 0 Å². The van der Waals surface area contributed by atoms with Gasteiger partial charge in [0.25, 0.3) is 0 Å². The monoisotopic (exact) mass is 404 g/mol. The van der Waals surface area contributed by atoms with Crippen LogP contribution in [0.2, 0.25) is 0 Å². The van der Waals surface area contributed by atoms with Crippen LogP contribution in [-0.4, -0.2) is 45.0 Å². The molecule has 7 nitrogen and oxygen atoms in total. The van der Waals surface area contributed by atoms with Crippen LogP contribution in [0.4, 0.5) is 4.39 Å². The lowest BCUT2D eigenvalue weighted by molar-refractivity contribution is 0.0467. The number of nitriles is 1. The fourth-order valence-corrected chi connectivity index (χ4v) is 4.15. The quantitative estimate of drug-likeness (QED) is 0.708. The number of sulfonamides is 1. The number of morpholine rings is 1. The van der Waals surface area contributed by atoms with Crippen LogP contribution in [0.15, 0.2) is 47.4 Å². The molecule has 0 spiro atoms. The predicted molar refractivity (Wildman–Crippen MR) is 96.3 cm³/mol. The molecule has 2 aromatic carbocycles. The van der Waals surface area contributed by atoms with Gasteiger partial charge in [0, 0.05) is 13.1 Å². The maximum Gasteiger partial charge on any atom is 0.341 e. The molecule has 0 aromatic heterocycles. The van der Waals surface area contributed by atoms with E-state index in [1.54, 1.807) is 24.3 Å². The zero-order valence-corrected chi connectivity index (χ0v) is 15.6. The van der Waals surface area contributed by atoms with Gasteiger partial charge in [-0.05, 0) is 35.9 Å². The smallest absolute Gasteiger partial charge is 0.341 e. The van der Waals surface area contributed by atoms with Crippen LogP contribution in [0.1, 0.15) is 21.5 Å². The molecule has 1 aliphatic rings. The van der Waals surface area contributed by atoms with Crippen molar-refractivity contribution >= 4 is 16.0 Å². The number of hydrogen-bond acceptors (Lipinski definition) is 6. The molecule has 0 bridgehead atoms. The first-order chi connectivity index (χ1) is 13.4. The van der Waals surface area contributed by atoms with Crippen LogP contribution in [0, 0.1) is 17.1 Å². The minimum Gasteiger partial charge on any atom is -0.457 e. The summed E-state index contributed by atoms with van der Waals surface area (Å²) in [6, 6.07) is 11.4. The number of hydrogen-bond donors (Lipinski definition) is 0. The zero-order chi connectivity index (χ0) is 20.1. The van der Waals surface area contributed by atoms with Crippen molar-refractivity contribution in [3.05, 3.63) is 65.0 Å². The van der Waals surface area contributed by atoms with Gasteiger partial charge in [-0.15, -0.1) is 0 Å². The highest BCUT2D eigenvalue weighted by Gasteiger charge is 2.28. The Balaban J connectivity index is 1.78. The van der Waals surface area contributed by atoms with Crippen molar-refractivity contribution in [2.75, 3.05) is 26.3 Å². The molecule has 0 N–H and O–H groups in total. The van der Waals surface area contributed by atoms with Gasteiger partial charge in [-0.1, -0.05) is 12.1 Å². The molecule has 28 heavy (non-hydrogen) atoms. The molecule has 0 radical (unpaired) electrons. The van der Waals surface area contributed by atoms with E-state index in [0.717, 1.165) is 18.2 Å². The lowest BCUT2D eigenvalue weighted by atomic mass is 10.1. The maximum absolute atomic E-state index is 14.1. The van der Waals surface area contributed by atoms with E-state index in [-0.39, 0.29) is 37.8 Å². The number of carbonyl (C=O) groups is 1. The minimum absolute atomic E-state index is 0.172. The van der Waals surface area contributed by atoms with Crippen molar-refractivity contribution in [3.63, 3.8) is 0 Å². The highest BCUT2D eigenvalue weighted by molar-refractivity contribution is 7.89. The highest BCUT2D eigenvalue weighted by Crippen LogP contribution is 2.21. The molecule has 0 aliphatic carbocycles. The Morgan fingerprint density at radius 2 is 1.96 bits per heavy atom. The van der Waals surface area contributed by atoms with E-state index in [9.17, 15) is 17.6 Å². The zero-order valence-electron chi connectivity index (χ0n) is 14.8. The third-order valence-corrected chi connectivity index (χ3v) is 6.09. The summed E-state index contributed by atoms with van der Waals surface area (Å²) in [6.45, 7) is 0.756. The number of esters is 1. The van der Waals surface area contributed by atoms with Gasteiger partial charge in [0.15, 0.2) is 0 Å². The molecule has 1 aliphatic heterocycles. The maximum atomic E-state index is 14.1. The Hall–Kier alpha value is -2.80. The summed E-state index contributed by atoms with van der Waals surface area (Å²) in [7, 11) is -3.87. The molecule has 1 saturated heterocycles. The van der Waals surface area contributed by atoms with Crippen LogP contribution >= 0.6 is 0 Å². The second kappa shape index (κ2) is 8.48. The Labute approximate surface area is 162 Å². The Kier molecular flexibility index (Phi) is 6.04. The van der Waals surface area contributed by atoms with E-state index in [4.69, 9.17) is 14.7 Å². The van der Waals surface area contributed by atoms with Gasteiger partial charge >= 0.3 is 5.97 Å². The molecule has 9 heteroatoms. The van der Waals surface area contributed by atoms with Crippen LogP contribution in [0.25, 0.3) is 0 Å².